The van der Waals surface area contributed by atoms with E-state index in [4.69, 9.17) is 21.1 Å². The summed E-state index contributed by atoms with van der Waals surface area (Å²) in [6, 6.07) is 11.5. The average Bonchev–Trinajstić information content (AvgIpc) is 2.92. The van der Waals surface area contributed by atoms with Crippen molar-refractivity contribution in [1.82, 2.24) is 0 Å². The molecule has 1 N–H and O–H groups in total. The summed E-state index contributed by atoms with van der Waals surface area (Å²) in [5, 5.41) is 3.45. The van der Waals surface area contributed by atoms with Crippen molar-refractivity contribution in [3.05, 3.63) is 58.6 Å². The molecule has 1 aliphatic heterocycles. The summed E-state index contributed by atoms with van der Waals surface area (Å²) in [7, 11) is 0. The lowest BCUT2D eigenvalue weighted by molar-refractivity contribution is -0.111. The molecule has 0 radical (unpaired) electrons. The van der Waals surface area contributed by atoms with Gasteiger partial charge in [0.1, 0.15) is 0 Å². The minimum atomic E-state index is -0.186. The number of anilines is 1. The van der Waals surface area contributed by atoms with E-state index in [1.54, 1.807) is 12.1 Å². The predicted molar refractivity (Wildman–Crippen MR) is 110 cm³/mol. The second kappa shape index (κ2) is 8.96. The molecule has 3 rings (SSSR count). The van der Waals surface area contributed by atoms with Gasteiger partial charge < -0.3 is 14.8 Å². The van der Waals surface area contributed by atoms with Crippen molar-refractivity contribution in [3.63, 3.8) is 0 Å². The zero-order chi connectivity index (χ0) is 19.2. The first-order valence-corrected chi connectivity index (χ1v) is 9.63. The van der Waals surface area contributed by atoms with Crippen LogP contribution in [0.5, 0.6) is 11.5 Å². The van der Waals surface area contributed by atoms with E-state index in [1.807, 2.05) is 24.3 Å². The molecule has 0 saturated heterocycles. The van der Waals surface area contributed by atoms with Crippen LogP contribution in [0, 0.1) is 0 Å². The Labute approximate surface area is 165 Å². The van der Waals surface area contributed by atoms with Crippen LogP contribution in [0.25, 0.3) is 6.08 Å². The quantitative estimate of drug-likeness (QED) is 0.675. The average molecular weight is 386 g/mol. The molecule has 0 unspecified atom stereocenters. The van der Waals surface area contributed by atoms with E-state index in [9.17, 15) is 4.79 Å². The Hall–Kier alpha value is -2.46. The van der Waals surface area contributed by atoms with E-state index in [-0.39, 0.29) is 5.91 Å². The van der Waals surface area contributed by atoms with Crippen LogP contribution in [0.15, 0.2) is 42.5 Å². The van der Waals surface area contributed by atoms with Crippen molar-refractivity contribution in [2.45, 2.75) is 32.6 Å². The Balaban J connectivity index is 1.74. The first kappa shape index (κ1) is 19.3. The lowest BCUT2D eigenvalue weighted by atomic mass is 9.97. The minimum Gasteiger partial charge on any atom is -0.489 e. The molecule has 5 heteroatoms. The smallest absolute Gasteiger partial charge is 0.248 e. The third-order valence-electron chi connectivity index (χ3n) is 4.61. The fourth-order valence-electron chi connectivity index (χ4n) is 2.95. The molecule has 4 nitrogen and oxygen atoms in total. The molecule has 0 saturated carbocycles. The molecule has 1 aliphatic rings. The monoisotopic (exact) mass is 385 g/mol. The molecule has 142 valence electrons. The lowest BCUT2D eigenvalue weighted by Gasteiger charge is -2.14. The fraction of sp³-hybridized carbons (Fsp3) is 0.318. The van der Waals surface area contributed by atoms with Crippen molar-refractivity contribution in [2.75, 3.05) is 18.5 Å². The molecule has 0 spiro atoms. The number of hydrogen-bond acceptors (Lipinski definition) is 3. The highest BCUT2D eigenvalue weighted by Gasteiger charge is 2.15. The van der Waals surface area contributed by atoms with Crippen molar-refractivity contribution >= 4 is 29.3 Å². The zero-order valence-corrected chi connectivity index (χ0v) is 16.4. The van der Waals surface area contributed by atoms with Gasteiger partial charge in [-0.15, -0.1) is 0 Å². The highest BCUT2D eigenvalue weighted by atomic mass is 35.5. The van der Waals surface area contributed by atoms with Crippen LogP contribution in [0.2, 0.25) is 5.02 Å². The van der Waals surface area contributed by atoms with Gasteiger partial charge in [0.15, 0.2) is 11.5 Å². The first-order chi connectivity index (χ1) is 13.1. The second-order valence-corrected chi connectivity index (χ2v) is 7.01. The molecular weight excluding hydrogens is 362 g/mol. The molecule has 0 bridgehead atoms. The maximum Gasteiger partial charge on any atom is 0.248 e. The number of carbonyl (C=O) groups is 1. The number of carbonyl (C=O) groups excluding carboxylic acids is 1. The maximum absolute atomic E-state index is 12.4. The third-order valence-corrected chi connectivity index (χ3v) is 4.89. The second-order valence-electron chi connectivity index (χ2n) is 6.60. The van der Waals surface area contributed by atoms with Crippen molar-refractivity contribution in [2.24, 2.45) is 0 Å². The Kier molecular flexibility index (Phi) is 6.40. The zero-order valence-electron chi connectivity index (χ0n) is 15.6. The number of amides is 1. The summed E-state index contributed by atoms with van der Waals surface area (Å²) in [5.41, 5.74) is 2.77. The van der Waals surface area contributed by atoms with Gasteiger partial charge in [-0.3, -0.25) is 4.79 Å². The number of nitrogens with one attached hydrogen (secondary N) is 1. The molecule has 0 aliphatic carbocycles. The van der Waals surface area contributed by atoms with E-state index < -0.39 is 0 Å². The number of fused-ring (bicyclic) bond motifs is 1. The van der Waals surface area contributed by atoms with Crippen LogP contribution < -0.4 is 14.8 Å². The minimum absolute atomic E-state index is 0.186. The van der Waals surface area contributed by atoms with E-state index in [1.165, 1.54) is 6.08 Å². The summed E-state index contributed by atoms with van der Waals surface area (Å²) >= 11 is 6.30. The van der Waals surface area contributed by atoms with E-state index >= 15 is 0 Å². The van der Waals surface area contributed by atoms with Crippen LogP contribution in [0.1, 0.15) is 43.7 Å². The van der Waals surface area contributed by atoms with Gasteiger partial charge in [-0.1, -0.05) is 43.6 Å². The van der Waals surface area contributed by atoms with Gasteiger partial charge in [-0.25, -0.2) is 0 Å². The maximum atomic E-state index is 12.4. The van der Waals surface area contributed by atoms with E-state index in [0.717, 1.165) is 29.7 Å². The van der Waals surface area contributed by atoms with Gasteiger partial charge in [0, 0.05) is 18.2 Å². The lowest BCUT2D eigenvalue weighted by Crippen LogP contribution is -2.10. The Morgan fingerprint density at radius 1 is 1.26 bits per heavy atom. The number of ether oxygens (including phenoxy) is 2. The molecule has 1 atom stereocenters. The van der Waals surface area contributed by atoms with Crippen LogP contribution in [0.3, 0.4) is 0 Å². The fourth-order valence-corrected chi connectivity index (χ4v) is 3.23. The summed E-state index contributed by atoms with van der Waals surface area (Å²) in [4.78, 5) is 12.4. The van der Waals surface area contributed by atoms with Gasteiger partial charge in [0.2, 0.25) is 5.91 Å². The highest BCUT2D eigenvalue weighted by Crippen LogP contribution is 2.38. The molecular formula is C22H24ClNO3. The van der Waals surface area contributed by atoms with Gasteiger partial charge >= 0.3 is 0 Å². The van der Waals surface area contributed by atoms with Gasteiger partial charge in [0.25, 0.3) is 0 Å². The standard InChI is InChI=1S/C22H24ClNO3/c1-3-15(2)17-7-4-5-8-19(17)24-21(25)10-9-16-13-18(23)22-20(14-16)26-11-6-12-27-22/h4-5,7-10,13-15H,3,6,11-12H2,1-2H3,(H,24,25)/b10-9+/t15-/m0/s1. The SMILES string of the molecule is CC[C@H](C)c1ccccc1NC(=O)/C=C/c1cc(Cl)c2c(c1)OCCCO2. The van der Waals surface area contributed by atoms with Gasteiger partial charge in [0.05, 0.1) is 18.2 Å². The highest BCUT2D eigenvalue weighted by molar-refractivity contribution is 6.32. The summed E-state index contributed by atoms with van der Waals surface area (Å²) in [6.07, 6.45) is 5.05. The van der Waals surface area contributed by atoms with Crippen molar-refractivity contribution in [1.29, 1.82) is 0 Å². The summed E-state index contributed by atoms with van der Waals surface area (Å²) in [6.45, 7) is 5.46. The Bertz CT molecular complexity index is 847. The van der Waals surface area contributed by atoms with Crippen LogP contribution in [0.4, 0.5) is 5.69 Å². The molecule has 0 fully saturated rings. The van der Waals surface area contributed by atoms with E-state index in [2.05, 4.69) is 25.2 Å². The number of rotatable bonds is 5. The van der Waals surface area contributed by atoms with E-state index in [0.29, 0.717) is 35.7 Å². The molecule has 27 heavy (non-hydrogen) atoms. The molecule has 1 amide bonds. The first-order valence-electron chi connectivity index (χ1n) is 9.25. The largest absolute Gasteiger partial charge is 0.489 e. The Morgan fingerprint density at radius 3 is 2.85 bits per heavy atom. The van der Waals surface area contributed by atoms with Gasteiger partial charge in [-0.05, 0) is 47.7 Å². The molecule has 1 heterocycles. The predicted octanol–water partition coefficient (Wildman–Crippen LogP) is 5.67. The number of halogens is 1. The van der Waals surface area contributed by atoms with Crippen LogP contribution in [-0.2, 0) is 4.79 Å². The molecule has 2 aromatic rings. The summed E-state index contributed by atoms with van der Waals surface area (Å²) in [5.74, 6) is 1.38. The normalized spacial score (nSPS) is 14.6. The third kappa shape index (κ3) is 4.83. The van der Waals surface area contributed by atoms with Crippen LogP contribution >= 0.6 is 11.6 Å². The Morgan fingerprint density at radius 2 is 2.04 bits per heavy atom. The van der Waals surface area contributed by atoms with Crippen molar-refractivity contribution in [3.8, 4) is 11.5 Å². The number of para-hydroxylation sites is 1. The van der Waals surface area contributed by atoms with Crippen molar-refractivity contribution < 1.29 is 14.3 Å². The number of hydrogen-bond donors (Lipinski definition) is 1. The number of benzene rings is 2. The molecule has 0 aromatic heterocycles. The molecule has 2 aromatic carbocycles. The van der Waals surface area contributed by atoms with Gasteiger partial charge in [-0.2, -0.15) is 0 Å². The summed E-state index contributed by atoms with van der Waals surface area (Å²) < 4.78 is 11.3. The topological polar surface area (TPSA) is 47.6 Å². The van der Waals surface area contributed by atoms with Crippen LogP contribution in [-0.4, -0.2) is 19.1 Å².